The first-order chi connectivity index (χ1) is 11.5. The molecule has 3 rings (SSSR count). The highest BCUT2D eigenvalue weighted by Gasteiger charge is 2.22. The van der Waals surface area contributed by atoms with Crippen molar-refractivity contribution in [1.29, 1.82) is 0 Å². The SMILES string of the molecule is CC(C)CN1CC(N)=C(N)c2ccc(OCc3ccccc3)cc21. The fourth-order valence-corrected chi connectivity index (χ4v) is 2.98. The number of fused-ring (bicyclic) bond motifs is 1. The average molecular weight is 323 g/mol. The molecule has 0 amide bonds. The van der Waals surface area contributed by atoms with E-state index in [1.165, 1.54) is 0 Å². The van der Waals surface area contributed by atoms with Crippen LogP contribution in [-0.4, -0.2) is 13.1 Å². The number of anilines is 1. The van der Waals surface area contributed by atoms with Crippen molar-refractivity contribution >= 4 is 11.4 Å². The van der Waals surface area contributed by atoms with Crippen molar-refractivity contribution in [3.63, 3.8) is 0 Å². The lowest BCUT2D eigenvalue weighted by molar-refractivity contribution is 0.306. The second kappa shape index (κ2) is 6.87. The van der Waals surface area contributed by atoms with Gasteiger partial charge in [-0.2, -0.15) is 0 Å². The van der Waals surface area contributed by atoms with Crippen LogP contribution in [0.25, 0.3) is 5.70 Å². The van der Waals surface area contributed by atoms with Crippen molar-refractivity contribution in [2.24, 2.45) is 17.4 Å². The largest absolute Gasteiger partial charge is 0.489 e. The summed E-state index contributed by atoms with van der Waals surface area (Å²) < 4.78 is 5.96. The van der Waals surface area contributed by atoms with E-state index in [0.29, 0.717) is 24.8 Å². The van der Waals surface area contributed by atoms with Gasteiger partial charge >= 0.3 is 0 Å². The minimum absolute atomic E-state index is 0.541. The van der Waals surface area contributed by atoms with E-state index < -0.39 is 0 Å². The zero-order chi connectivity index (χ0) is 17.1. The summed E-state index contributed by atoms with van der Waals surface area (Å²) in [6.07, 6.45) is 0. The third kappa shape index (κ3) is 3.48. The molecule has 1 heterocycles. The Morgan fingerprint density at radius 3 is 2.54 bits per heavy atom. The van der Waals surface area contributed by atoms with Crippen LogP contribution in [0, 0.1) is 5.92 Å². The number of rotatable bonds is 5. The fourth-order valence-electron chi connectivity index (χ4n) is 2.98. The maximum Gasteiger partial charge on any atom is 0.121 e. The Morgan fingerprint density at radius 2 is 1.83 bits per heavy atom. The second-order valence-corrected chi connectivity index (χ2v) is 6.67. The molecule has 4 N–H and O–H groups in total. The van der Waals surface area contributed by atoms with Crippen LogP contribution >= 0.6 is 0 Å². The third-order valence-electron chi connectivity index (χ3n) is 4.14. The van der Waals surface area contributed by atoms with Crippen LogP contribution in [0.2, 0.25) is 0 Å². The average Bonchev–Trinajstić information content (AvgIpc) is 2.58. The van der Waals surface area contributed by atoms with Gasteiger partial charge in [-0.05, 0) is 23.6 Å². The van der Waals surface area contributed by atoms with Crippen LogP contribution in [0.5, 0.6) is 5.75 Å². The minimum Gasteiger partial charge on any atom is -0.489 e. The fraction of sp³-hybridized carbons (Fsp3) is 0.300. The molecule has 4 heteroatoms. The molecule has 2 aromatic carbocycles. The number of benzene rings is 2. The van der Waals surface area contributed by atoms with Crippen molar-refractivity contribution in [2.45, 2.75) is 20.5 Å². The van der Waals surface area contributed by atoms with Crippen molar-refractivity contribution in [3.8, 4) is 5.75 Å². The van der Waals surface area contributed by atoms with Gasteiger partial charge in [0.05, 0.1) is 23.6 Å². The number of nitrogens with two attached hydrogens (primary N) is 2. The van der Waals surface area contributed by atoms with Crippen molar-refractivity contribution in [2.75, 3.05) is 18.0 Å². The highest BCUT2D eigenvalue weighted by Crippen LogP contribution is 2.34. The van der Waals surface area contributed by atoms with Gasteiger partial charge in [0, 0.05) is 18.2 Å². The molecule has 0 spiro atoms. The first-order valence-corrected chi connectivity index (χ1v) is 8.34. The zero-order valence-corrected chi connectivity index (χ0v) is 14.3. The molecular formula is C20H25N3O. The van der Waals surface area contributed by atoms with E-state index in [1.807, 2.05) is 30.3 Å². The molecule has 0 atom stereocenters. The van der Waals surface area contributed by atoms with Crippen LogP contribution in [0.3, 0.4) is 0 Å². The van der Waals surface area contributed by atoms with Gasteiger partial charge in [-0.1, -0.05) is 44.2 Å². The summed E-state index contributed by atoms with van der Waals surface area (Å²) in [6.45, 7) is 6.56. The van der Waals surface area contributed by atoms with E-state index in [0.717, 1.165) is 34.8 Å². The highest BCUT2D eigenvalue weighted by molar-refractivity contribution is 5.81. The van der Waals surface area contributed by atoms with Crippen LogP contribution in [0.4, 0.5) is 5.69 Å². The topological polar surface area (TPSA) is 64.5 Å². The summed E-state index contributed by atoms with van der Waals surface area (Å²) in [6, 6.07) is 16.2. The summed E-state index contributed by atoms with van der Waals surface area (Å²) in [5.41, 5.74) is 17.0. The Bertz CT molecular complexity index is 738. The third-order valence-corrected chi connectivity index (χ3v) is 4.14. The molecule has 24 heavy (non-hydrogen) atoms. The lowest BCUT2D eigenvalue weighted by Crippen LogP contribution is -2.36. The number of hydrogen-bond acceptors (Lipinski definition) is 4. The maximum atomic E-state index is 6.19. The second-order valence-electron chi connectivity index (χ2n) is 6.67. The molecule has 126 valence electrons. The molecule has 0 radical (unpaired) electrons. The van der Waals surface area contributed by atoms with Gasteiger partial charge in [0.15, 0.2) is 0 Å². The molecule has 0 aliphatic carbocycles. The van der Waals surface area contributed by atoms with Gasteiger partial charge in [-0.15, -0.1) is 0 Å². The van der Waals surface area contributed by atoms with E-state index in [-0.39, 0.29) is 0 Å². The van der Waals surface area contributed by atoms with Crippen molar-refractivity contribution in [1.82, 2.24) is 0 Å². The standard InChI is InChI=1S/C20H25N3O/c1-14(2)11-23-12-18(21)20(22)17-9-8-16(10-19(17)23)24-13-15-6-4-3-5-7-15/h3-10,14H,11-13,21-22H2,1-2H3. The smallest absolute Gasteiger partial charge is 0.121 e. The van der Waals surface area contributed by atoms with Gasteiger partial charge in [0.1, 0.15) is 12.4 Å². The monoisotopic (exact) mass is 323 g/mol. The number of nitrogens with zero attached hydrogens (tertiary/aromatic N) is 1. The van der Waals surface area contributed by atoms with E-state index in [9.17, 15) is 0 Å². The quantitative estimate of drug-likeness (QED) is 0.886. The molecule has 1 aliphatic rings. The zero-order valence-electron chi connectivity index (χ0n) is 14.3. The summed E-state index contributed by atoms with van der Waals surface area (Å²) in [5.74, 6) is 1.39. The Labute approximate surface area is 143 Å². The first-order valence-electron chi connectivity index (χ1n) is 8.34. The van der Waals surface area contributed by atoms with Crippen LogP contribution in [0.15, 0.2) is 54.2 Å². The van der Waals surface area contributed by atoms with Gasteiger partial charge in [0.25, 0.3) is 0 Å². The Hall–Kier alpha value is -2.62. The molecule has 0 aromatic heterocycles. The maximum absolute atomic E-state index is 6.19. The van der Waals surface area contributed by atoms with Crippen molar-refractivity contribution < 1.29 is 4.74 Å². The van der Waals surface area contributed by atoms with Gasteiger partial charge < -0.3 is 21.1 Å². The predicted molar refractivity (Wildman–Crippen MR) is 99.6 cm³/mol. The van der Waals surface area contributed by atoms with Gasteiger partial charge in [0.2, 0.25) is 0 Å². The van der Waals surface area contributed by atoms with Crippen LogP contribution in [0.1, 0.15) is 25.0 Å². The molecule has 0 saturated heterocycles. The Morgan fingerprint density at radius 1 is 1.08 bits per heavy atom. The van der Waals surface area contributed by atoms with E-state index >= 15 is 0 Å². The molecule has 1 aliphatic heterocycles. The Balaban J connectivity index is 1.84. The summed E-state index contributed by atoms with van der Waals surface area (Å²) in [7, 11) is 0. The van der Waals surface area contributed by atoms with Crippen LogP contribution in [-0.2, 0) is 6.61 Å². The molecule has 0 bridgehead atoms. The molecular weight excluding hydrogens is 298 g/mol. The molecule has 0 unspecified atom stereocenters. The predicted octanol–water partition coefficient (Wildman–Crippen LogP) is 3.33. The first kappa shape index (κ1) is 16.2. The van der Waals surface area contributed by atoms with Gasteiger partial charge in [-0.3, -0.25) is 0 Å². The summed E-state index contributed by atoms with van der Waals surface area (Å²) in [4.78, 5) is 2.28. The van der Waals surface area contributed by atoms with E-state index in [4.69, 9.17) is 16.2 Å². The summed E-state index contributed by atoms with van der Waals surface area (Å²) in [5, 5.41) is 0. The van der Waals surface area contributed by atoms with Crippen molar-refractivity contribution in [3.05, 3.63) is 65.4 Å². The summed E-state index contributed by atoms with van der Waals surface area (Å²) >= 11 is 0. The van der Waals surface area contributed by atoms with E-state index in [1.54, 1.807) is 0 Å². The minimum atomic E-state index is 0.541. The number of hydrogen-bond donors (Lipinski definition) is 2. The molecule has 2 aromatic rings. The molecule has 0 saturated carbocycles. The van der Waals surface area contributed by atoms with Gasteiger partial charge in [-0.25, -0.2) is 0 Å². The Kier molecular flexibility index (Phi) is 4.65. The number of ether oxygens (including phenoxy) is 1. The highest BCUT2D eigenvalue weighted by atomic mass is 16.5. The lowest BCUT2D eigenvalue weighted by atomic mass is 10.0. The normalized spacial score (nSPS) is 14.0. The van der Waals surface area contributed by atoms with Crippen LogP contribution < -0.4 is 21.1 Å². The molecule has 4 nitrogen and oxygen atoms in total. The van der Waals surface area contributed by atoms with E-state index in [2.05, 4.69) is 36.9 Å². The lowest BCUT2D eigenvalue weighted by Gasteiger charge is -2.33. The molecule has 0 fully saturated rings.